The number of amides is 1. The summed E-state index contributed by atoms with van der Waals surface area (Å²) in [6, 6.07) is 4.46. The van der Waals surface area contributed by atoms with Gasteiger partial charge < -0.3 is 15.3 Å². The second kappa shape index (κ2) is 6.43. The minimum Gasteiger partial charge on any atom is -0.479 e. The number of benzene rings is 1. The zero-order valence-corrected chi connectivity index (χ0v) is 12.9. The first kappa shape index (κ1) is 16.8. The van der Waals surface area contributed by atoms with E-state index in [4.69, 9.17) is 23.2 Å². The topological polar surface area (TPSA) is 69.6 Å². The summed E-state index contributed by atoms with van der Waals surface area (Å²) in [6.45, 7) is 1.49. The van der Waals surface area contributed by atoms with E-state index < -0.39 is 17.4 Å². The van der Waals surface area contributed by atoms with E-state index in [-0.39, 0.29) is 11.6 Å². The molecule has 1 aromatic carbocycles. The first-order chi connectivity index (χ1) is 9.16. The number of carboxylic acids is 1. The maximum absolute atomic E-state index is 11.8. The van der Waals surface area contributed by atoms with Gasteiger partial charge in [0.1, 0.15) is 0 Å². The first-order valence-electron chi connectivity index (χ1n) is 5.81. The Bertz CT molecular complexity index is 534. The number of halogens is 2. The van der Waals surface area contributed by atoms with Crippen molar-refractivity contribution in [1.29, 1.82) is 0 Å². The van der Waals surface area contributed by atoms with Crippen LogP contribution in [0.15, 0.2) is 18.2 Å². The van der Waals surface area contributed by atoms with Crippen molar-refractivity contribution in [1.82, 2.24) is 10.2 Å². The van der Waals surface area contributed by atoms with Gasteiger partial charge in [0.25, 0.3) is 0 Å². The molecular weight excluding hydrogens is 303 g/mol. The van der Waals surface area contributed by atoms with Crippen LogP contribution in [-0.4, -0.2) is 42.5 Å². The predicted octanol–water partition coefficient (Wildman–Crippen LogP) is 1.97. The van der Waals surface area contributed by atoms with Crippen LogP contribution in [0.2, 0.25) is 10.0 Å². The molecule has 1 atom stereocenters. The monoisotopic (exact) mass is 318 g/mol. The number of nitrogens with one attached hydrogen (secondary N) is 1. The third kappa shape index (κ3) is 3.85. The minimum atomic E-state index is -1.57. The van der Waals surface area contributed by atoms with Gasteiger partial charge in [0.05, 0.1) is 16.6 Å². The summed E-state index contributed by atoms with van der Waals surface area (Å²) in [7, 11) is 3.44. The third-order valence-electron chi connectivity index (χ3n) is 2.77. The number of carbonyl (C=O) groups excluding carboxylic acids is 1. The lowest BCUT2D eigenvalue weighted by atomic mass is 9.92. The van der Waals surface area contributed by atoms with Crippen LogP contribution in [0.4, 0.5) is 0 Å². The van der Waals surface area contributed by atoms with Crippen LogP contribution in [-0.2, 0) is 15.1 Å². The SMILES string of the molecule is CN(C)CC(=O)NC(C)(C(=O)O)c1ccc(Cl)c(Cl)c1. The molecule has 1 rings (SSSR count). The number of hydrogen-bond donors (Lipinski definition) is 2. The fourth-order valence-corrected chi connectivity index (χ4v) is 1.96. The molecule has 1 unspecified atom stereocenters. The van der Waals surface area contributed by atoms with Crippen molar-refractivity contribution < 1.29 is 14.7 Å². The molecule has 1 aromatic rings. The van der Waals surface area contributed by atoms with Crippen LogP contribution < -0.4 is 5.32 Å². The normalized spacial score (nSPS) is 13.9. The van der Waals surface area contributed by atoms with E-state index in [1.807, 2.05) is 0 Å². The molecule has 0 heterocycles. The smallest absolute Gasteiger partial charge is 0.333 e. The molecular formula is C13H16Cl2N2O3. The summed E-state index contributed by atoms with van der Waals surface area (Å²) in [5.74, 6) is -1.58. The Kier molecular flexibility index (Phi) is 5.39. The molecule has 0 aliphatic carbocycles. The van der Waals surface area contributed by atoms with Gasteiger partial charge in [-0.25, -0.2) is 4.79 Å². The van der Waals surface area contributed by atoms with Crippen molar-refractivity contribution in [3.8, 4) is 0 Å². The molecule has 20 heavy (non-hydrogen) atoms. The average molecular weight is 319 g/mol. The second-order valence-electron chi connectivity index (χ2n) is 4.84. The van der Waals surface area contributed by atoms with Crippen LogP contribution in [0.3, 0.4) is 0 Å². The maximum Gasteiger partial charge on any atom is 0.333 e. The number of likely N-dealkylation sites (N-methyl/N-ethyl adjacent to an activating group) is 1. The minimum absolute atomic E-state index is 0.0875. The van der Waals surface area contributed by atoms with Gasteiger partial charge in [-0.2, -0.15) is 0 Å². The molecule has 0 bridgehead atoms. The van der Waals surface area contributed by atoms with Crippen molar-refractivity contribution >= 4 is 35.1 Å². The number of aliphatic carboxylic acids is 1. The van der Waals surface area contributed by atoms with E-state index in [9.17, 15) is 14.7 Å². The van der Waals surface area contributed by atoms with Gasteiger partial charge in [-0.05, 0) is 38.7 Å². The van der Waals surface area contributed by atoms with Crippen LogP contribution in [0.1, 0.15) is 12.5 Å². The van der Waals surface area contributed by atoms with Gasteiger partial charge in [-0.1, -0.05) is 29.3 Å². The van der Waals surface area contributed by atoms with Gasteiger partial charge in [0, 0.05) is 0 Å². The Morgan fingerprint density at radius 2 is 1.90 bits per heavy atom. The Morgan fingerprint density at radius 1 is 1.30 bits per heavy atom. The standard InChI is InChI=1S/C13H16Cl2N2O3/c1-13(12(19)20,16-11(18)7-17(2)3)8-4-5-9(14)10(15)6-8/h4-6H,7H2,1-3H3,(H,16,18)(H,19,20). The van der Waals surface area contributed by atoms with Crippen LogP contribution in [0.25, 0.3) is 0 Å². The van der Waals surface area contributed by atoms with Gasteiger partial charge >= 0.3 is 5.97 Å². The van der Waals surface area contributed by atoms with Crippen molar-refractivity contribution in [3.63, 3.8) is 0 Å². The molecule has 0 saturated carbocycles. The summed E-state index contributed by atoms with van der Waals surface area (Å²) in [4.78, 5) is 25.0. The largest absolute Gasteiger partial charge is 0.479 e. The highest BCUT2D eigenvalue weighted by molar-refractivity contribution is 6.42. The second-order valence-corrected chi connectivity index (χ2v) is 5.66. The Balaban J connectivity index is 3.11. The molecule has 5 nitrogen and oxygen atoms in total. The summed E-state index contributed by atoms with van der Waals surface area (Å²) in [5.41, 5.74) is -1.21. The van der Waals surface area contributed by atoms with Gasteiger partial charge in [0.2, 0.25) is 5.91 Å². The number of hydrogen-bond acceptors (Lipinski definition) is 3. The van der Waals surface area contributed by atoms with Crippen molar-refractivity contribution in [2.45, 2.75) is 12.5 Å². The third-order valence-corrected chi connectivity index (χ3v) is 3.51. The summed E-state index contributed by atoms with van der Waals surface area (Å²) in [6.07, 6.45) is 0. The van der Waals surface area contributed by atoms with E-state index in [0.717, 1.165) is 0 Å². The van der Waals surface area contributed by atoms with Crippen molar-refractivity contribution in [3.05, 3.63) is 33.8 Å². The molecule has 0 fully saturated rings. The lowest BCUT2D eigenvalue weighted by Crippen LogP contribution is -2.51. The van der Waals surface area contributed by atoms with Crippen LogP contribution in [0.5, 0.6) is 0 Å². The Morgan fingerprint density at radius 3 is 2.35 bits per heavy atom. The number of rotatable bonds is 5. The number of carboxylic acid groups (broad SMARTS) is 1. The molecule has 0 spiro atoms. The van der Waals surface area contributed by atoms with Gasteiger partial charge in [0.15, 0.2) is 5.54 Å². The highest BCUT2D eigenvalue weighted by Crippen LogP contribution is 2.29. The molecule has 0 aliphatic rings. The molecule has 0 radical (unpaired) electrons. The molecule has 0 aromatic heterocycles. The lowest BCUT2D eigenvalue weighted by molar-refractivity contribution is -0.147. The van der Waals surface area contributed by atoms with Gasteiger partial charge in [-0.3, -0.25) is 4.79 Å². The fraction of sp³-hybridized carbons (Fsp3) is 0.385. The summed E-state index contributed by atoms with van der Waals surface area (Å²) in [5, 5.41) is 12.5. The summed E-state index contributed by atoms with van der Waals surface area (Å²) < 4.78 is 0. The first-order valence-corrected chi connectivity index (χ1v) is 6.57. The Hall–Kier alpha value is -1.30. The molecule has 2 N–H and O–H groups in total. The van der Waals surface area contributed by atoms with Crippen LogP contribution >= 0.6 is 23.2 Å². The maximum atomic E-state index is 11.8. The molecule has 0 aliphatic heterocycles. The molecule has 0 saturated heterocycles. The zero-order valence-electron chi connectivity index (χ0n) is 11.4. The lowest BCUT2D eigenvalue weighted by Gasteiger charge is -2.27. The van der Waals surface area contributed by atoms with E-state index in [0.29, 0.717) is 10.6 Å². The van der Waals surface area contributed by atoms with Gasteiger partial charge in [-0.15, -0.1) is 0 Å². The fourth-order valence-electron chi connectivity index (χ4n) is 1.66. The number of carbonyl (C=O) groups is 2. The van der Waals surface area contributed by atoms with E-state index in [1.54, 1.807) is 19.0 Å². The zero-order chi connectivity index (χ0) is 15.5. The highest BCUT2D eigenvalue weighted by atomic mass is 35.5. The quantitative estimate of drug-likeness (QED) is 0.871. The Labute approximate surface area is 127 Å². The average Bonchev–Trinajstić information content (AvgIpc) is 2.30. The molecule has 110 valence electrons. The summed E-state index contributed by atoms with van der Waals surface area (Å²) >= 11 is 11.7. The number of nitrogens with zero attached hydrogens (tertiary/aromatic N) is 1. The van der Waals surface area contributed by atoms with Crippen LogP contribution in [0, 0.1) is 0 Å². The molecule has 7 heteroatoms. The van der Waals surface area contributed by atoms with E-state index in [2.05, 4.69) is 5.32 Å². The molecule has 1 amide bonds. The van der Waals surface area contributed by atoms with E-state index in [1.165, 1.54) is 25.1 Å². The van der Waals surface area contributed by atoms with Crippen molar-refractivity contribution in [2.24, 2.45) is 0 Å². The van der Waals surface area contributed by atoms with E-state index >= 15 is 0 Å². The van der Waals surface area contributed by atoms with Crippen molar-refractivity contribution in [2.75, 3.05) is 20.6 Å². The predicted molar refractivity (Wildman–Crippen MR) is 78.1 cm³/mol. The highest BCUT2D eigenvalue weighted by Gasteiger charge is 2.37.